The molecule has 0 unspecified atom stereocenters. The summed E-state index contributed by atoms with van der Waals surface area (Å²) in [5.41, 5.74) is 4.77. The Morgan fingerprint density at radius 1 is 1.09 bits per heavy atom. The summed E-state index contributed by atoms with van der Waals surface area (Å²) in [6.45, 7) is 13.2. The minimum absolute atomic E-state index is 0.0360. The molecule has 1 N–H and O–H groups in total. The average molecular weight is 614 g/mol. The molecule has 232 valence electrons. The largest absolute Gasteiger partial charge is 0.508 e. The second kappa shape index (κ2) is 11.2. The molecule has 9 nitrogen and oxygen atoms in total. The quantitative estimate of drug-likeness (QED) is 0.216. The summed E-state index contributed by atoms with van der Waals surface area (Å²) in [5, 5.41) is 14.2. The van der Waals surface area contributed by atoms with Crippen molar-refractivity contribution in [3.05, 3.63) is 101 Å². The standard InChI is InChI=1S/C37H35N5O4/c1-6-31(44)40-14-15-41(23(5)20-40)36-32-30(42(37(45)39-36)34-22(4)11-13-38-33(34)21(2)3)19-29(27-12-16-46-35(27)32)28-18-25(43)17-24-9-7-8-10-26(24)28/h6-13,16-19,21,23,43H,1,14-15,20H2,2-5H3/t23-/m0/s1. The number of benzene rings is 3. The van der Waals surface area contributed by atoms with Crippen LogP contribution in [0, 0.1) is 6.92 Å². The SMILES string of the molecule is C=CC(=O)N1CCN(c2nc(=O)n(-c3c(C)ccnc3C(C)C)c3cc(-c4cc(O)cc5ccccc45)c4ccoc4c23)[C@@H](C)C1. The van der Waals surface area contributed by atoms with E-state index in [9.17, 15) is 14.7 Å². The van der Waals surface area contributed by atoms with E-state index >= 15 is 0 Å². The van der Waals surface area contributed by atoms with Gasteiger partial charge in [-0.1, -0.05) is 44.7 Å². The van der Waals surface area contributed by atoms with E-state index < -0.39 is 5.69 Å². The first-order valence-electron chi connectivity index (χ1n) is 15.5. The molecule has 0 bridgehead atoms. The number of aromatic nitrogens is 3. The summed E-state index contributed by atoms with van der Waals surface area (Å²) in [6, 6.07) is 17.1. The third-order valence-electron chi connectivity index (χ3n) is 9.02. The number of aromatic hydroxyl groups is 1. The van der Waals surface area contributed by atoms with Crippen LogP contribution in [-0.2, 0) is 4.79 Å². The number of phenolic OH excluding ortho intramolecular Hbond substituents is 1. The van der Waals surface area contributed by atoms with E-state index in [0.29, 0.717) is 47.6 Å². The topological polar surface area (TPSA) is 105 Å². The van der Waals surface area contributed by atoms with E-state index in [4.69, 9.17) is 14.4 Å². The third kappa shape index (κ3) is 4.62. The van der Waals surface area contributed by atoms with Gasteiger partial charge in [-0.2, -0.15) is 4.98 Å². The van der Waals surface area contributed by atoms with Crippen molar-refractivity contribution >= 4 is 44.4 Å². The number of pyridine rings is 1. The Kier molecular flexibility index (Phi) is 7.11. The highest BCUT2D eigenvalue weighted by atomic mass is 16.3. The molecule has 0 radical (unpaired) electrons. The lowest BCUT2D eigenvalue weighted by atomic mass is 9.94. The van der Waals surface area contributed by atoms with Crippen molar-refractivity contribution < 1.29 is 14.3 Å². The molecule has 4 heterocycles. The number of aryl methyl sites for hydroxylation is 1. The molecule has 46 heavy (non-hydrogen) atoms. The molecule has 1 saturated heterocycles. The zero-order valence-electron chi connectivity index (χ0n) is 26.3. The number of piperazine rings is 1. The van der Waals surface area contributed by atoms with Gasteiger partial charge >= 0.3 is 5.69 Å². The van der Waals surface area contributed by atoms with Crippen molar-refractivity contribution in [1.29, 1.82) is 0 Å². The number of nitrogens with zero attached hydrogens (tertiary/aromatic N) is 5. The Morgan fingerprint density at radius 3 is 2.63 bits per heavy atom. The Morgan fingerprint density at radius 2 is 1.87 bits per heavy atom. The number of rotatable bonds is 5. The Hall–Kier alpha value is -5.44. The normalized spacial score (nSPS) is 15.4. The van der Waals surface area contributed by atoms with Gasteiger partial charge in [-0.05, 0) is 83.6 Å². The average Bonchev–Trinajstić information content (AvgIpc) is 3.53. The molecule has 9 heteroatoms. The zero-order valence-corrected chi connectivity index (χ0v) is 26.3. The number of fused-ring (bicyclic) bond motifs is 4. The predicted octanol–water partition coefficient (Wildman–Crippen LogP) is 6.71. The van der Waals surface area contributed by atoms with Gasteiger partial charge in [0, 0.05) is 37.3 Å². The molecule has 7 rings (SSSR count). The van der Waals surface area contributed by atoms with E-state index in [-0.39, 0.29) is 23.6 Å². The number of anilines is 1. The number of hydrogen-bond donors (Lipinski definition) is 1. The molecule has 1 atom stereocenters. The second-order valence-electron chi connectivity index (χ2n) is 12.3. The van der Waals surface area contributed by atoms with Crippen LogP contribution in [0.4, 0.5) is 5.82 Å². The number of carbonyl (C=O) groups is 1. The minimum atomic E-state index is -0.435. The fraction of sp³-hybridized carbons (Fsp3) is 0.243. The summed E-state index contributed by atoms with van der Waals surface area (Å²) in [7, 11) is 0. The van der Waals surface area contributed by atoms with Gasteiger partial charge in [0.05, 0.1) is 28.5 Å². The lowest BCUT2D eigenvalue weighted by Crippen LogP contribution is -2.54. The maximum atomic E-state index is 14.4. The Labute approximate surface area is 266 Å². The van der Waals surface area contributed by atoms with Crippen molar-refractivity contribution in [2.75, 3.05) is 24.5 Å². The van der Waals surface area contributed by atoms with E-state index in [1.165, 1.54) is 6.08 Å². The van der Waals surface area contributed by atoms with Crippen LogP contribution in [0.1, 0.15) is 37.9 Å². The first kappa shape index (κ1) is 29.3. The smallest absolute Gasteiger partial charge is 0.354 e. The van der Waals surface area contributed by atoms with Crippen LogP contribution < -0.4 is 10.6 Å². The highest BCUT2D eigenvalue weighted by molar-refractivity contribution is 6.17. The molecule has 1 amide bonds. The molecule has 0 aliphatic carbocycles. The van der Waals surface area contributed by atoms with Crippen molar-refractivity contribution in [3.8, 4) is 22.6 Å². The fourth-order valence-electron chi connectivity index (χ4n) is 6.86. The minimum Gasteiger partial charge on any atom is -0.508 e. The summed E-state index contributed by atoms with van der Waals surface area (Å²) in [4.78, 5) is 40.2. The van der Waals surface area contributed by atoms with Crippen LogP contribution in [-0.4, -0.2) is 56.1 Å². The highest BCUT2D eigenvalue weighted by Crippen LogP contribution is 2.43. The maximum Gasteiger partial charge on any atom is 0.354 e. The van der Waals surface area contributed by atoms with Crippen LogP contribution in [0.2, 0.25) is 0 Å². The van der Waals surface area contributed by atoms with Crippen molar-refractivity contribution in [1.82, 2.24) is 19.4 Å². The number of phenols is 1. The van der Waals surface area contributed by atoms with Crippen LogP contribution in [0.3, 0.4) is 0 Å². The van der Waals surface area contributed by atoms with Gasteiger partial charge in [-0.25, -0.2) is 4.79 Å². The molecule has 3 aromatic carbocycles. The highest BCUT2D eigenvalue weighted by Gasteiger charge is 2.31. The van der Waals surface area contributed by atoms with E-state index in [1.54, 1.807) is 34.1 Å². The van der Waals surface area contributed by atoms with Crippen LogP contribution >= 0.6 is 0 Å². The van der Waals surface area contributed by atoms with Gasteiger partial charge < -0.3 is 19.3 Å². The lowest BCUT2D eigenvalue weighted by Gasteiger charge is -2.40. The maximum absolute atomic E-state index is 14.4. The number of carbonyl (C=O) groups excluding carboxylic acids is 1. The van der Waals surface area contributed by atoms with Crippen molar-refractivity contribution in [2.24, 2.45) is 0 Å². The zero-order chi connectivity index (χ0) is 32.3. The third-order valence-corrected chi connectivity index (χ3v) is 9.02. The molecule has 3 aromatic heterocycles. The van der Waals surface area contributed by atoms with Gasteiger partial charge in [-0.15, -0.1) is 0 Å². The number of amides is 1. The molecular weight excluding hydrogens is 578 g/mol. The predicted molar refractivity (Wildman–Crippen MR) is 182 cm³/mol. The summed E-state index contributed by atoms with van der Waals surface area (Å²) >= 11 is 0. The molecule has 0 saturated carbocycles. The van der Waals surface area contributed by atoms with Gasteiger partial charge in [-0.3, -0.25) is 14.3 Å². The van der Waals surface area contributed by atoms with Gasteiger partial charge in [0.2, 0.25) is 5.91 Å². The summed E-state index contributed by atoms with van der Waals surface area (Å²) < 4.78 is 7.94. The lowest BCUT2D eigenvalue weighted by molar-refractivity contribution is -0.126. The van der Waals surface area contributed by atoms with E-state index in [1.807, 2.05) is 56.3 Å². The van der Waals surface area contributed by atoms with E-state index in [0.717, 1.165) is 38.5 Å². The first-order chi connectivity index (χ1) is 22.2. The molecule has 1 aliphatic heterocycles. The van der Waals surface area contributed by atoms with Crippen LogP contribution in [0.5, 0.6) is 5.75 Å². The molecule has 0 spiro atoms. The van der Waals surface area contributed by atoms with Crippen LogP contribution in [0.15, 0.2) is 88.9 Å². The Balaban J connectivity index is 1.60. The van der Waals surface area contributed by atoms with E-state index in [2.05, 4.69) is 25.3 Å². The van der Waals surface area contributed by atoms with Gasteiger partial charge in [0.1, 0.15) is 17.2 Å². The monoisotopic (exact) mass is 613 g/mol. The molecule has 1 aliphatic rings. The number of furan rings is 1. The first-order valence-corrected chi connectivity index (χ1v) is 15.5. The number of hydrogen-bond acceptors (Lipinski definition) is 7. The summed E-state index contributed by atoms with van der Waals surface area (Å²) in [5.74, 6) is 0.567. The molecule has 6 aromatic rings. The van der Waals surface area contributed by atoms with Gasteiger partial charge in [0.15, 0.2) is 0 Å². The Bertz CT molecular complexity index is 2250. The van der Waals surface area contributed by atoms with Gasteiger partial charge in [0.25, 0.3) is 0 Å². The molecule has 1 fully saturated rings. The molecular formula is C37H35N5O4. The fourth-order valence-corrected chi connectivity index (χ4v) is 6.86. The summed E-state index contributed by atoms with van der Waals surface area (Å²) in [6.07, 6.45) is 4.75. The van der Waals surface area contributed by atoms with Crippen molar-refractivity contribution in [2.45, 2.75) is 39.7 Å². The second-order valence-corrected chi connectivity index (χ2v) is 12.3. The van der Waals surface area contributed by atoms with Crippen molar-refractivity contribution in [3.63, 3.8) is 0 Å². The van der Waals surface area contributed by atoms with Crippen LogP contribution in [0.25, 0.3) is 49.5 Å².